The number of amides is 2. The normalized spacial score (nSPS) is 16.2. The minimum atomic E-state index is -0.120. The Bertz CT molecular complexity index is 1060. The molecule has 0 bridgehead atoms. The highest BCUT2D eigenvalue weighted by Crippen LogP contribution is 2.26. The molecule has 3 aromatic rings. The van der Waals surface area contributed by atoms with Gasteiger partial charge in [-0.05, 0) is 43.7 Å². The van der Waals surface area contributed by atoms with E-state index in [1.165, 1.54) is 11.5 Å². The second kappa shape index (κ2) is 10.2. The molecule has 1 unspecified atom stereocenters. The zero-order chi connectivity index (χ0) is 22.5. The van der Waals surface area contributed by atoms with Gasteiger partial charge in [0.05, 0.1) is 12.3 Å². The van der Waals surface area contributed by atoms with Crippen LogP contribution in [-0.2, 0) is 6.42 Å². The number of aromatic nitrogens is 2. The lowest BCUT2D eigenvalue weighted by Gasteiger charge is -2.39. The van der Waals surface area contributed by atoms with Crippen molar-refractivity contribution >= 4 is 40.0 Å². The van der Waals surface area contributed by atoms with Gasteiger partial charge in [-0.2, -0.15) is 4.37 Å². The fourth-order valence-electron chi connectivity index (χ4n) is 3.70. The summed E-state index contributed by atoms with van der Waals surface area (Å²) in [5.41, 5.74) is 1.81. The molecule has 0 saturated carbocycles. The molecule has 1 fully saturated rings. The van der Waals surface area contributed by atoms with E-state index in [-0.39, 0.29) is 12.1 Å². The molecule has 4 rings (SSSR count). The van der Waals surface area contributed by atoms with Crippen molar-refractivity contribution in [3.05, 3.63) is 64.9 Å². The highest BCUT2D eigenvalue weighted by Gasteiger charge is 2.29. The average molecular weight is 472 g/mol. The van der Waals surface area contributed by atoms with Crippen LogP contribution in [0.25, 0.3) is 0 Å². The Morgan fingerprint density at radius 3 is 2.75 bits per heavy atom. The SMILES string of the molecule is CCOc1ccccc1NC(=O)N1CCN(c2nc(Cc3ccc(Cl)cc3)ns2)CC1C. The number of ether oxygens (including phenoxy) is 1. The van der Waals surface area contributed by atoms with Gasteiger partial charge in [0.25, 0.3) is 0 Å². The molecule has 168 valence electrons. The monoisotopic (exact) mass is 471 g/mol. The van der Waals surface area contributed by atoms with Gasteiger partial charge in [-0.1, -0.05) is 35.9 Å². The molecule has 7 nitrogen and oxygen atoms in total. The zero-order valence-electron chi connectivity index (χ0n) is 18.1. The topological polar surface area (TPSA) is 70.6 Å². The van der Waals surface area contributed by atoms with Crippen molar-refractivity contribution in [2.75, 3.05) is 36.5 Å². The number of carbonyl (C=O) groups is 1. The second-order valence-corrected chi connectivity index (χ2v) is 8.81. The summed E-state index contributed by atoms with van der Waals surface area (Å²) >= 11 is 7.36. The number of nitrogens with zero attached hydrogens (tertiary/aromatic N) is 4. The van der Waals surface area contributed by atoms with Crippen LogP contribution >= 0.6 is 23.1 Å². The minimum Gasteiger partial charge on any atom is -0.492 e. The van der Waals surface area contributed by atoms with E-state index in [1.54, 1.807) is 0 Å². The Kier molecular flexibility index (Phi) is 7.12. The Hall–Kier alpha value is -2.84. The van der Waals surface area contributed by atoms with Crippen LogP contribution in [-0.4, -0.2) is 52.6 Å². The summed E-state index contributed by atoms with van der Waals surface area (Å²) < 4.78 is 10.1. The van der Waals surface area contributed by atoms with Crippen LogP contribution in [0.1, 0.15) is 25.2 Å². The first-order valence-electron chi connectivity index (χ1n) is 10.6. The van der Waals surface area contributed by atoms with Gasteiger partial charge in [0.2, 0.25) is 5.13 Å². The number of benzene rings is 2. The summed E-state index contributed by atoms with van der Waals surface area (Å²) in [6.07, 6.45) is 0.671. The summed E-state index contributed by atoms with van der Waals surface area (Å²) in [6.45, 7) is 6.54. The third kappa shape index (κ3) is 5.31. The van der Waals surface area contributed by atoms with Gasteiger partial charge in [-0.3, -0.25) is 0 Å². The maximum atomic E-state index is 12.9. The second-order valence-electron chi connectivity index (χ2n) is 7.64. The summed E-state index contributed by atoms with van der Waals surface area (Å²) in [6, 6.07) is 15.1. The van der Waals surface area contributed by atoms with E-state index in [2.05, 4.69) is 21.5 Å². The largest absolute Gasteiger partial charge is 0.492 e. The van der Waals surface area contributed by atoms with Gasteiger partial charge in [0.15, 0.2) is 0 Å². The van der Waals surface area contributed by atoms with Crippen LogP contribution < -0.4 is 15.0 Å². The first-order valence-corrected chi connectivity index (χ1v) is 11.8. The van der Waals surface area contributed by atoms with Crippen molar-refractivity contribution in [3.63, 3.8) is 0 Å². The smallest absolute Gasteiger partial charge is 0.322 e. The van der Waals surface area contributed by atoms with Gasteiger partial charge in [-0.15, -0.1) is 0 Å². The molecule has 9 heteroatoms. The fourth-order valence-corrected chi connectivity index (χ4v) is 4.55. The van der Waals surface area contributed by atoms with E-state index in [0.717, 1.165) is 21.5 Å². The zero-order valence-corrected chi connectivity index (χ0v) is 19.7. The van der Waals surface area contributed by atoms with E-state index in [1.807, 2.05) is 60.4 Å². The summed E-state index contributed by atoms with van der Waals surface area (Å²) in [7, 11) is 0. The molecular weight excluding hydrogens is 446 g/mol. The van der Waals surface area contributed by atoms with Gasteiger partial charge in [0, 0.05) is 48.7 Å². The van der Waals surface area contributed by atoms with E-state index < -0.39 is 0 Å². The van der Waals surface area contributed by atoms with Crippen LogP contribution in [0.2, 0.25) is 5.02 Å². The van der Waals surface area contributed by atoms with Crippen LogP contribution in [0.15, 0.2) is 48.5 Å². The van der Waals surface area contributed by atoms with Crippen LogP contribution in [0.4, 0.5) is 15.6 Å². The molecule has 0 aliphatic carbocycles. The number of carbonyl (C=O) groups excluding carboxylic acids is 1. The fraction of sp³-hybridized carbons (Fsp3) is 0.348. The maximum absolute atomic E-state index is 12.9. The molecule has 1 aliphatic heterocycles. The van der Waals surface area contributed by atoms with Gasteiger partial charge in [0.1, 0.15) is 11.6 Å². The van der Waals surface area contributed by atoms with Crippen LogP contribution in [0, 0.1) is 0 Å². The summed E-state index contributed by atoms with van der Waals surface area (Å²) in [5.74, 6) is 1.48. The Morgan fingerprint density at radius 2 is 2.00 bits per heavy atom. The number of para-hydroxylation sites is 2. The van der Waals surface area contributed by atoms with Gasteiger partial charge < -0.3 is 19.9 Å². The van der Waals surface area contributed by atoms with E-state index in [9.17, 15) is 4.79 Å². The minimum absolute atomic E-state index is 0.0339. The Morgan fingerprint density at radius 1 is 1.22 bits per heavy atom. The number of hydrogen-bond donors (Lipinski definition) is 1. The molecule has 0 spiro atoms. The molecule has 1 aliphatic rings. The number of halogens is 1. The van der Waals surface area contributed by atoms with Crippen molar-refractivity contribution in [3.8, 4) is 5.75 Å². The number of hydrogen-bond acceptors (Lipinski definition) is 6. The first kappa shape index (κ1) is 22.4. The molecule has 0 radical (unpaired) electrons. The Balaban J connectivity index is 1.36. The molecule has 1 N–H and O–H groups in total. The number of rotatable bonds is 6. The standard InChI is InChI=1S/C23H26ClN5O2S/c1-3-31-20-7-5-4-6-19(20)25-22(30)29-13-12-28(15-16(29)2)23-26-21(27-32-23)14-17-8-10-18(24)11-9-17/h4-11,16H,3,12-15H2,1-2H3,(H,25,30). The highest BCUT2D eigenvalue weighted by atomic mass is 35.5. The quantitative estimate of drug-likeness (QED) is 0.552. The van der Waals surface area contributed by atoms with E-state index in [0.29, 0.717) is 44.1 Å². The van der Waals surface area contributed by atoms with Gasteiger partial charge in [-0.25, -0.2) is 9.78 Å². The number of piperazine rings is 1. The lowest BCUT2D eigenvalue weighted by atomic mass is 10.1. The third-order valence-corrected chi connectivity index (χ3v) is 6.39. The number of nitrogens with one attached hydrogen (secondary N) is 1. The molecule has 1 saturated heterocycles. The molecule has 2 amide bonds. The first-order chi connectivity index (χ1) is 15.5. The maximum Gasteiger partial charge on any atom is 0.322 e. The van der Waals surface area contributed by atoms with Crippen molar-refractivity contribution < 1.29 is 9.53 Å². The van der Waals surface area contributed by atoms with E-state index >= 15 is 0 Å². The summed E-state index contributed by atoms with van der Waals surface area (Å²) in [5, 5.41) is 4.61. The summed E-state index contributed by atoms with van der Waals surface area (Å²) in [4.78, 5) is 21.7. The van der Waals surface area contributed by atoms with E-state index in [4.69, 9.17) is 21.3 Å². The van der Waals surface area contributed by atoms with Crippen molar-refractivity contribution in [1.29, 1.82) is 0 Å². The number of anilines is 2. The highest BCUT2D eigenvalue weighted by molar-refractivity contribution is 7.09. The third-order valence-electron chi connectivity index (χ3n) is 5.32. The lowest BCUT2D eigenvalue weighted by Crippen LogP contribution is -2.55. The molecule has 2 aromatic carbocycles. The van der Waals surface area contributed by atoms with Crippen LogP contribution in [0.5, 0.6) is 5.75 Å². The van der Waals surface area contributed by atoms with Crippen LogP contribution in [0.3, 0.4) is 0 Å². The van der Waals surface area contributed by atoms with Gasteiger partial charge >= 0.3 is 6.03 Å². The molecular formula is C23H26ClN5O2S. The lowest BCUT2D eigenvalue weighted by molar-refractivity contribution is 0.184. The molecule has 1 aromatic heterocycles. The van der Waals surface area contributed by atoms with Crippen molar-refractivity contribution in [1.82, 2.24) is 14.3 Å². The van der Waals surface area contributed by atoms with Crippen molar-refractivity contribution in [2.45, 2.75) is 26.3 Å². The number of urea groups is 1. The Labute approximate surface area is 197 Å². The molecule has 2 heterocycles. The van der Waals surface area contributed by atoms with Crippen molar-refractivity contribution in [2.24, 2.45) is 0 Å². The predicted octanol–water partition coefficient (Wildman–Crippen LogP) is 4.92. The molecule has 32 heavy (non-hydrogen) atoms. The predicted molar refractivity (Wildman–Crippen MR) is 129 cm³/mol. The average Bonchev–Trinajstić information content (AvgIpc) is 3.25. The molecule has 1 atom stereocenters.